The number of aromatic nitrogens is 3. The lowest BCUT2D eigenvalue weighted by molar-refractivity contribution is 1.27. The molecule has 112 valence electrons. The van der Waals surface area contributed by atoms with E-state index in [1.807, 2.05) is 53.9 Å². The molecule has 4 rings (SSSR count). The van der Waals surface area contributed by atoms with E-state index in [-0.39, 0.29) is 5.56 Å². The number of rotatable bonds is 3. The average molecular weight is 320 g/mol. The number of fused-ring (bicyclic) bond motifs is 1. The minimum atomic E-state index is -0.140. The van der Waals surface area contributed by atoms with Crippen molar-refractivity contribution in [2.24, 2.45) is 0 Å². The second-order valence-corrected chi connectivity index (χ2v) is 5.84. The normalized spacial score (nSPS) is 10.8. The first kappa shape index (κ1) is 13.7. The fourth-order valence-corrected chi connectivity index (χ4v) is 3.06. The van der Waals surface area contributed by atoms with Gasteiger partial charge in [-0.3, -0.25) is 4.79 Å². The molecule has 0 unspecified atom stereocenters. The largest absolute Gasteiger partial charge is 0.321 e. The highest BCUT2D eigenvalue weighted by Crippen LogP contribution is 2.26. The molecule has 23 heavy (non-hydrogen) atoms. The first-order valence-electron chi connectivity index (χ1n) is 7.06. The maximum absolute atomic E-state index is 12.3. The van der Waals surface area contributed by atoms with Crippen molar-refractivity contribution in [3.05, 3.63) is 70.5 Å². The number of aromatic amines is 1. The van der Waals surface area contributed by atoms with Crippen molar-refractivity contribution in [3.8, 4) is 11.3 Å². The van der Waals surface area contributed by atoms with Crippen molar-refractivity contribution in [3.63, 3.8) is 0 Å². The molecule has 3 heterocycles. The first-order chi connectivity index (χ1) is 11.3. The van der Waals surface area contributed by atoms with Crippen molar-refractivity contribution in [1.82, 2.24) is 15.0 Å². The number of H-pyrrole nitrogens is 1. The molecule has 0 amide bonds. The van der Waals surface area contributed by atoms with Crippen molar-refractivity contribution < 1.29 is 0 Å². The molecule has 0 aliphatic rings. The fraction of sp³-hybridized carbons (Fsp3) is 0. The van der Waals surface area contributed by atoms with Gasteiger partial charge in [-0.1, -0.05) is 24.3 Å². The molecule has 5 nitrogen and oxygen atoms in total. The molecule has 3 aromatic heterocycles. The zero-order valence-corrected chi connectivity index (χ0v) is 12.8. The molecule has 1 aromatic carbocycles. The summed E-state index contributed by atoms with van der Waals surface area (Å²) in [5, 5.41) is 6.68. The van der Waals surface area contributed by atoms with Gasteiger partial charge in [-0.25, -0.2) is 9.97 Å². The van der Waals surface area contributed by atoms with Crippen LogP contribution >= 0.6 is 11.3 Å². The summed E-state index contributed by atoms with van der Waals surface area (Å²) in [6.45, 7) is 0. The molecular formula is C17H12N4OS. The summed E-state index contributed by atoms with van der Waals surface area (Å²) in [6.07, 6.45) is 1.71. The summed E-state index contributed by atoms with van der Waals surface area (Å²) in [6, 6.07) is 15.2. The molecule has 4 aromatic rings. The molecular weight excluding hydrogens is 308 g/mol. The Morgan fingerprint density at radius 3 is 2.83 bits per heavy atom. The highest BCUT2D eigenvalue weighted by molar-refractivity contribution is 7.14. The van der Waals surface area contributed by atoms with Crippen molar-refractivity contribution in [2.75, 3.05) is 5.32 Å². The summed E-state index contributed by atoms with van der Waals surface area (Å²) in [5.74, 6) is 0.723. The lowest BCUT2D eigenvalue weighted by Gasteiger charge is -2.01. The van der Waals surface area contributed by atoms with E-state index in [1.54, 1.807) is 6.20 Å². The van der Waals surface area contributed by atoms with E-state index in [1.165, 1.54) is 11.3 Å². The number of thiazole rings is 1. The standard InChI is InChI=1S/C17H12N4OS/c22-16-12(9-11-5-1-2-6-13(11)19-16)14-10-23-17(20-14)21-15-7-3-4-8-18-15/h1-10H,(H,19,22)(H,18,20,21). The van der Waals surface area contributed by atoms with Gasteiger partial charge in [0.15, 0.2) is 5.13 Å². The molecule has 0 aliphatic carbocycles. The van der Waals surface area contributed by atoms with Crippen molar-refractivity contribution in [2.45, 2.75) is 0 Å². The second kappa shape index (κ2) is 5.66. The van der Waals surface area contributed by atoms with Crippen LogP contribution in [0.2, 0.25) is 0 Å². The lowest BCUT2D eigenvalue weighted by Crippen LogP contribution is -2.08. The SMILES string of the molecule is O=c1[nH]c2ccccc2cc1-c1csc(Nc2ccccn2)n1. The van der Waals surface area contributed by atoms with E-state index >= 15 is 0 Å². The smallest absolute Gasteiger partial charge is 0.257 e. The van der Waals surface area contributed by atoms with Crippen LogP contribution in [0.5, 0.6) is 0 Å². The zero-order chi connectivity index (χ0) is 15.6. The van der Waals surface area contributed by atoms with E-state index in [0.717, 1.165) is 16.7 Å². The molecule has 0 atom stereocenters. The van der Waals surface area contributed by atoms with Crippen molar-refractivity contribution in [1.29, 1.82) is 0 Å². The molecule has 6 heteroatoms. The lowest BCUT2D eigenvalue weighted by atomic mass is 10.1. The number of nitrogens with one attached hydrogen (secondary N) is 2. The molecule has 0 saturated heterocycles. The number of hydrogen-bond acceptors (Lipinski definition) is 5. The topological polar surface area (TPSA) is 70.7 Å². The minimum absolute atomic E-state index is 0.140. The Morgan fingerprint density at radius 2 is 1.96 bits per heavy atom. The predicted molar refractivity (Wildman–Crippen MR) is 93.2 cm³/mol. The number of anilines is 2. The van der Waals surface area contributed by atoms with Crippen LogP contribution in [-0.2, 0) is 0 Å². The first-order valence-corrected chi connectivity index (χ1v) is 7.93. The van der Waals surface area contributed by atoms with E-state index in [2.05, 4.69) is 20.3 Å². The molecule has 0 radical (unpaired) electrons. The van der Waals surface area contributed by atoms with Crippen LogP contribution in [0.4, 0.5) is 10.9 Å². The highest BCUT2D eigenvalue weighted by Gasteiger charge is 2.10. The summed E-state index contributed by atoms with van der Waals surface area (Å²) < 4.78 is 0. The number of hydrogen-bond donors (Lipinski definition) is 2. The Kier molecular flexibility index (Phi) is 3.36. The van der Waals surface area contributed by atoms with Gasteiger partial charge in [-0.2, -0.15) is 0 Å². The molecule has 0 saturated carbocycles. The van der Waals surface area contributed by atoms with Crippen LogP contribution in [0.25, 0.3) is 22.2 Å². The van der Waals surface area contributed by atoms with Gasteiger partial charge in [0.1, 0.15) is 5.82 Å². The Hall–Kier alpha value is -2.99. The fourth-order valence-electron chi connectivity index (χ4n) is 2.34. The second-order valence-electron chi connectivity index (χ2n) is 4.98. The minimum Gasteiger partial charge on any atom is -0.321 e. The van der Waals surface area contributed by atoms with Gasteiger partial charge in [0.05, 0.1) is 11.3 Å². The van der Waals surface area contributed by atoms with Crippen LogP contribution in [-0.4, -0.2) is 15.0 Å². The van der Waals surface area contributed by atoms with Gasteiger partial charge in [-0.05, 0) is 29.7 Å². The number of nitrogens with zero attached hydrogens (tertiary/aromatic N) is 2. The van der Waals surface area contributed by atoms with Gasteiger partial charge < -0.3 is 10.3 Å². The molecule has 0 spiro atoms. The number of pyridine rings is 2. The monoisotopic (exact) mass is 320 g/mol. The predicted octanol–water partition coefficient (Wildman–Crippen LogP) is 3.79. The van der Waals surface area contributed by atoms with E-state index < -0.39 is 0 Å². The quantitative estimate of drug-likeness (QED) is 0.602. The summed E-state index contributed by atoms with van der Waals surface area (Å²) in [5.41, 5.74) is 1.90. The summed E-state index contributed by atoms with van der Waals surface area (Å²) in [7, 11) is 0. The Balaban J connectivity index is 1.71. The zero-order valence-electron chi connectivity index (χ0n) is 12.0. The van der Waals surface area contributed by atoms with Gasteiger partial charge in [0, 0.05) is 17.1 Å². The van der Waals surface area contributed by atoms with Crippen molar-refractivity contribution >= 4 is 33.2 Å². The van der Waals surface area contributed by atoms with Gasteiger partial charge in [0.25, 0.3) is 5.56 Å². The van der Waals surface area contributed by atoms with Gasteiger partial charge in [0.2, 0.25) is 0 Å². The maximum Gasteiger partial charge on any atom is 0.257 e. The van der Waals surface area contributed by atoms with Crippen LogP contribution in [0.15, 0.2) is 64.9 Å². The van der Waals surface area contributed by atoms with E-state index in [0.29, 0.717) is 16.4 Å². The Bertz CT molecular complexity index is 1020. The van der Waals surface area contributed by atoms with E-state index in [4.69, 9.17) is 0 Å². The third-order valence-electron chi connectivity index (χ3n) is 3.43. The number of benzene rings is 1. The highest BCUT2D eigenvalue weighted by atomic mass is 32.1. The van der Waals surface area contributed by atoms with Crippen LogP contribution in [0.1, 0.15) is 0 Å². The van der Waals surface area contributed by atoms with Gasteiger partial charge >= 0.3 is 0 Å². The molecule has 0 aliphatic heterocycles. The van der Waals surface area contributed by atoms with Gasteiger partial charge in [-0.15, -0.1) is 11.3 Å². The average Bonchev–Trinajstić information content (AvgIpc) is 3.03. The molecule has 2 N–H and O–H groups in total. The summed E-state index contributed by atoms with van der Waals surface area (Å²) >= 11 is 1.44. The third kappa shape index (κ3) is 2.72. The third-order valence-corrected chi connectivity index (χ3v) is 4.19. The number of para-hydroxylation sites is 1. The van der Waals surface area contributed by atoms with E-state index in [9.17, 15) is 4.79 Å². The van der Waals surface area contributed by atoms with Crippen LogP contribution in [0, 0.1) is 0 Å². The Labute approximate surface area is 135 Å². The Morgan fingerprint density at radius 1 is 1.09 bits per heavy atom. The maximum atomic E-state index is 12.3. The molecule has 0 bridgehead atoms. The summed E-state index contributed by atoms with van der Waals surface area (Å²) in [4.78, 5) is 23.9. The van der Waals surface area contributed by atoms with Crippen LogP contribution in [0.3, 0.4) is 0 Å². The molecule has 0 fully saturated rings. The van der Waals surface area contributed by atoms with Crippen LogP contribution < -0.4 is 10.9 Å².